The summed E-state index contributed by atoms with van der Waals surface area (Å²) in [7, 11) is 0. The summed E-state index contributed by atoms with van der Waals surface area (Å²) in [5.41, 5.74) is 3.84. The van der Waals surface area contributed by atoms with Gasteiger partial charge in [0.15, 0.2) is 0 Å². The molecule has 2 aliphatic heterocycles. The van der Waals surface area contributed by atoms with Crippen LogP contribution in [0.2, 0.25) is 0 Å². The van der Waals surface area contributed by atoms with E-state index in [1.165, 1.54) is 49.3 Å². The van der Waals surface area contributed by atoms with Gasteiger partial charge in [0, 0.05) is 24.8 Å². The molecule has 0 aromatic heterocycles. The Morgan fingerprint density at radius 3 is 2.33 bits per heavy atom. The van der Waals surface area contributed by atoms with Crippen LogP contribution in [0.15, 0.2) is 54.6 Å². The fourth-order valence-electron chi connectivity index (χ4n) is 3.75. The molecule has 21 heavy (non-hydrogen) atoms. The number of nitrogens with zero attached hydrogens (tertiary/aromatic N) is 1. The van der Waals surface area contributed by atoms with Crippen LogP contribution in [0.25, 0.3) is 11.1 Å². The van der Waals surface area contributed by atoms with E-state index in [2.05, 4.69) is 64.8 Å². The van der Waals surface area contributed by atoms with Crippen LogP contribution in [-0.4, -0.2) is 30.6 Å². The number of rotatable bonds is 3. The molecular weight excluding hydrogens is 256 g/mol. The van der Waals surface area contributed by atoms with Crippen LogP contribution in [-0.2, 0) is 0 Å². The second-order valence-electron chi connectivity index (χ2n) is 6.33. The number of hydrogen-bond acceptors (Lipinski definition) is 2. The molecule has 0 spiro atoms. The summed E-state index contributed by atoms with van der Waals surface area (Å²) in [4.78, 5) is 2.60. The fraction of sp³-hybridized carbons (Fsp3) is 0.368. The van der Waals surface area contributed by atoms with Crippen LogP contribution in [0.5, 0.6) is 0 Å². The summed E-state index contributed by atoms with van der Waals surface area (Å²) in [5.74, 6) is 0.840. The van der Waals surface area contributed by atoms with Gasteiger partial charge in [0.05, 0.1) is 0 Å². The molecule has 2 aromatic carbocycles. The Morgan fingerprint density at radius 1 is 0.810 bits per heavy atom. The van der Waals surface area contributed by atoms with Crippen molar-refractivity contribution in [3.05, 3.63) is 54.6 Å². The quantitative estimate of drug-likeness (QED) is 0.917. The van der Waals surface area contributed by atoms with Crippen molar-refractivity contribution in [2.45, 2.75) is 18.9 Å². The van der Waals surface area contributed by atoms with E-state index in [0.29, 0.717) is 6.04 Å². The number of fused-ring (bicyclic) bond motifs is 2. The summed E-state index contributed by atoms with van der Waals surface area (Å²) in [6.07, 6.45) is 2.64. The first-order valence-corrected chi connectivity index (χ1v) is 8.03. The first-order valence-electron chi connectivity index (χ1n) is 8.03. The van der Waals surface area contributed by atoms with Crippen molar-refractivity contribution in [3.8, 4) is 11.1 Å². The van der Waals surface area contributed by atoms with Crippen LogP contribution in [0, 0.1) is 5.92 Å². The predicted molar refractivity (Wildman–Crippen MR) is 88.5 cm³/mol. The van der Waals surface area contributed by atoms with Crippen molar-refractivity contribution >= 4 is 5.69 Å². The van der Waals surface area contributed by atoms with E-state index >= 15 is 0 Å². The molecule has 2 heterocycles. The third-order valence-electron chi connectivity index (χ3n) is 4.98. The molecule has 3 atom stereocenters. The zero-order valence-electron chi connectivity index (χ0n) is 12.3. The molecule has 108 valence electrons. The molecule has 1 N–H and O–H groups in total. The van der Waals surface area contributed by atoms with E-state index in [9.17, 15) is 0 Å². The molecule has 3 unspecified atom stereocenters. The van der Waals surface area contributed by atoms with Crippen molar-refractivity contribution in [3.63, 3.8) is 0 Å². The molecule has 2 saturated heterocycles. The first-order chi connectivity index (χ1) is 10.4. The maximum absolute atomic E-state index is 3.76. The van der Waals surface area contributed by atoms with Crippen molar-refractivity contribution in [2.24, 2.45) is 5.92 Å². The molecule has 2 aromatic rings. The second kappa shape index (κ2) is 5.53. The minimum absolute atomic E-state index is 0.659. The average molecular weight is 278 g/mol. The topological polar surface area (TPSA) is 15.3 Å². The Labute approximate surface area is 126 Å². The van der Waals surface area contributed by atoms with Crippen LogP contribution in [0.3, 0.4) is 0 Å². The van der Waals surface area contributed by atoms with E-state index in [-0.39, 0.29) is 0 Å². The molecule has 2 aliphatic rings. The smallest absolute Gasteiger partial charge is 0.0342 e. The summed E-state index contributed by atoms with van der Waals surface area (Å²) in [6.45, 7) is 3.85. The molecule has 2 nitrogen and oxygen atoms in total. The maximum atomic E-state index is 3.76. The van der Waals surface area contributed by atoms with Gasteiger partial charge in [-0.1, -0.05) is 42.5 Å². The Hall–Kier alpha value is -1.80. The first kappa shape index (κ1) is 12.9. The van der Waals surface area contributed by atoms with Crippen LogP contribution < -0.4 is 5.32 Å². The van der Waals surface area contributed by atoms with E-state index < -0.39 is 0 Å². The van der Waals surface area contributed by atoms with Gasteiger partial charge in [-0.2, -0.15) is 0 Å². The average Bonchev–Trinajstić information content (AvgIpc) is 2.94. The lowest BCUT2D eigenvalue weighted by Gasteiger charge is -2.31. The van der Waals surface area contributed by atoms with Crippen molar-refractivity contribution < 1.29 is 0 Å². The third-order valence-corrected chi connectivity index (χ3v) is 4.98. The lowest BCUT2D eigenvalue weighted by atomic mass is 9.94. The highest BCUT2D eigenvalue weighted by atomic mass is 15.2. The zero-order chi connectivity index (χ0) is 14.1. The number of piperidine rings is 1. The molecular formula is C19H22N2. The Bertz CT molecular complexity index is 591. The maximum Gasteiger partial charge on any atom is 0.0342 e. The van der Waals surface area contributed by atoms with Gasteiger partial charge in [-0.3, -0.25) is 0 Å². The zero-order valence-corrected chi connectivity index (χ0v) is 12.3. The molecule has 4 rings (SSSR count). The van der Waals surface area contributed by atoms with E-state index in [0.717, 1.165) is 5.92 Å². The second-order valence-corrected chi connectivity index (χ2v) is 6.33. The van der Waals surface area contributed by atoms with Gasteiger partial charge in [-0.25, -0.2) is 0 Å². The normalized spacial score (nSPS) is 27.5. The van der Waals surface area contributed by atoms with Gasteiger partial charge in [0.1, 0.15) is 0 Å². The Kier molecular flexibility index (Phi) is 3.40. The Morgan fingerprint density at radius 2 is 1.52 bits per heavy atom. The largest absolute Gasteiger partial charge is 0.382 e. The van der Waals surface area contributed by atoms with Gasteiger partial charge < -0.3 is 10.2 Å². The monoisotopic (exact) mass is 278 g/mol. The minimum Gasteiger partial charge on any atom is -0.382 e. The highest BCUT2D eigenvalue weighted by molar-refractivity contribution is 5.65. The van der Waals surface area contributed by atoms with Gasteiger partial charge in [-0.15, -0.1) is 0 Å². The van der Waals surface area contributed by atoms with Crippen molar-refractivity contribution in [2.75, 3.05) is 25.0 Å². The van der Waals surface area contributed by atoms with Gasteiger partial charge >= 0.3 is 0 Å². The summed E-state index contributed by atoms with van der Waals surface area (Å²) < 4.78 is 0. The predicted octanol–water partition coefficient (Wildman–Crippen LogP) is 3.86. The Balaban J connectivity index is 1.47. The molecule has 2 heteroatoms. The molecule has 0 amide bonds. The lowest BCUT2D eigenvalue weighted by Crippen LogP contribution is -2.39. The van der Waals surface area contributed by atoms with Gasteiger partial charge in [-0.05, 0) is 48.6 Å². The van der Waals surface area contributed by atoms with Crippen LogP contribution in [0.1, 0.15) is 12.8 Å². The minimum atomic E-state index is 0.659. The van der Waals surface area contributed by atoms with Crippen molar-refractivity contribution in [1.29, 1.82) is 0 Å². The number of benzene rings is 2. The van der Waals surface area contributed by atoms with E-state index in [1.807, 2.05) is 0 Å². The summed E-state index contributed by atoms with van der Waals surface area (Å²) in [5, 5.41) is 3.76. The number of anilines is 1. The van der Waals surface area contributed by atoms with Gasteiger partial charge in [0.25, 0.3) is 0 Å². The standard InChI is InChI=1S/C19H22N2/c1-2-4-15(5-3-1)16-6-8-18(9-7-16)20-19-11-13-21-12-10-17(19)14-21/h1-9,17,19-20H,10-14H2. The fourth-order valence-corrected chi connectivity index (χ4v) is 3.75. The lowest BCUT2D eigenvalue weighted by molar-refractivity contribution is 0.255. The SMILES string of the molecule is c1ccc(-c2ccc(NC3CCN4CCC3C4)cc2)cc1. The van der Waals surface area contributed by atoms with Crippen LogP contribution in [0.4, 0.5) is 5.69 Å². The molecule has 0 saturated carbocycles. The third kappa shape index (κ3) is 2.68. The molecule has 2 bridgehead atoms. The molecule has 2 fully saturated rings. The highest BCUT2D eigenvalue weighted by Crippen LogP contribution is 2.30. The van der Waals surface area contributed by atoms with Gasteiger partial charge in [0.2, 0.25) is 0 Å². The molecule has 0 radical (unpaired) electrons. The van der Waals surface area contributed by atoms with E-state index in [4.69, 9.17) is 0 Å². The van der Waals surface area contributed by atoms with E-state index in [1.54, 1.807) is 0 Å². The summed E-state index contributed by atoms with van der Waals surface area (Å²) >= 11 is 0. The highest BCUT2D eigenvalue weighted by Gasteiger charge is 2.33. The number of nitrogens with one attached hydrogen (secondary N) is 1. The van der Waals surface area contributed by atoms with Crippen molar-refractivity contribution in [1.82, 2.24) is 4.90 Å². The molecule has 0 aliphatic carbocycles. The van der Waals surface area contributed by atoms with Crippen LogP contribution >= 0.6 is 0 Å². The number of hydrogen-bond donors (Lipinski definition) is 1. The summed E-state index contributed by atoms with van der Waals surface area (Å²) in [6, 6.07) is 20.1.